The van der Waals surface area contributed by atoms with Crippen molar-refractivity contribution in [2.75, 3.05) is 0 Å². The maximum absolute atomic E-state index is 11.8. The van der Waals surface area contributed by atoms with Gasteiger partial charge in [-0.05, 0) is 34.5 Å². The van der Waals surface area contributed by atoms with Crippen LogP contribution in [0.2, 0.25) is 0 Å². The molecule has 1 heterocycles. The summed E-state index contributed by atoms with van der Waals surface area (Å²) in [5, 5.41) is 4.74. The minimum atomic E-state index is -0.0347. The highest BCUT2D eigenvalue weighted by molar-refractivity contribution is 9.11. The lowest BCUT2D eigenvalue weighted by molar-refractivity contribution is 0.0951. The SMILES string of the molecule is Cc1ccc(CNC(=O)c2csc(Br)c2)cc1. The van der Waals surface area contributed by atoms with E-state index < -0.39 is 0 Å². The first-order valence-corrected chi connectivity index (χ1v) is 6.90. The van der Waals surface area contributed by atoms with Gasteiger partial charge in [-0.1, -0.05) is 29.8 Å². The molecule has 0 aliphatic carbocycles. The predicted octanol–water partition coefficient (Wildman–Crippen LogP) is 3.75. The molecule has 17 heavy (non-hydrogen) atoms. The van der Waals surface area contributed by atoms with Crippen LogP contribution in [-0.4, -0.2) is 5.91 Å². The molecule has 1 amide bonds. The Bertz CT molecular complexity index is 518. The summed E-state index contributed by atoms with van der Waals surface area (Å²) in [7, 11) is 0. The zero-order valence-electron chi connectivity index (χ0n) is 9.37. The molecule has 0 radical (unpaired) electrons. The van der Waals surface area contributed by atoms with Crippen LogP contribution in [0.1, 0.15) is 21.5 Å². The van der Waals surface area contributed by atoms with Gasteiger partial charge in [-0.3, -0.25) is 4.79 Å². The molecule has 1 aromatic heterocycles. The molecule has 0 aliphatic rings. The summed E-state index contributed by atoms with van der Waals surface area (Å²) in [4.78, 5) is 11.8. The number of amides is 1. The maximum Gasteiger partial charge on any atom is 0.252 e. The highest BCUT2D eigenvalue weighted by Gasteiger charge is 2.07. The number of carbonyl (C=O) groups excluding carboxylic acids is 1. The van der Waals surface area contributed by atoms with Crippen molar-refractivity contribution in [1.29, 1.82) is 0 Å². The van der Waals surface area contributed by atoms with Crippen LogP contribution in [-0.2, 0) is 6.54 Å². The van der Waals surface area contributed by atoms with Gasteiger partial charge >= 0.3 is 0 Å². The monoisotopic (exact) mass is 309 g/mol. The molecule has 2 rings (SSSR count). The molecule has 0 atom stereocenters. The number of nitrogens with one attached hydrogen (secondary N) is 1. The number of benzene rings is 1. The van der Waals surface area contributed by atoms with Crippen molar-refractivity contribution in [2.45, 2.75) is 13.5 Å². The lowest BCUT2D eigenvalue weighted by atomic mass is 10.1. The van der Waals surface area contributed by atoms with Crippen LogP contribution in [0.4, 0.5) is 0 Å². The molecule has 2 aromatic rings. The molecular formula is C13H12BrNOS. The van der Waals surface area contributed by atoms with Crippen molar-refractivity contribution in [3.63, 3.8) is 0 Å². The van der Waals surface area contributed by atoms with E-state index in [1.165, 1.54) is 16.9 Å². The Morgan fingerprint density at radius 3 is 2.65 bits per heavy atom. The topological polar surface area (TPSA) is 29.1 Å². The van der Waals surface area contributed by atoms with Crippen LogP contribution in [0.3, 0.4) is 0 Å². The molecule has 0 aliphatic heterocycles. The number of thiophene rings is 1. The first-order valence-electron chi connectivity index (χ1n) is 5.23. The third-order valence-corrected chi connectivity index (χ3v) is 3.91. The van der Waals surface area contributed by atoms with Gasteiger partial charge in [-0.2, -0.15) is 0 Å². The molecule has 88 valence electrons. The number of aryl methyl sites for hydroxylation is 1. The van der Waals surface area contributed by atoms with Crippen LogP contribution in [0.15, 0.2) is 39.5 Å². The van der Waals surface area contributed by atoms with Gasteiger partial charge in [0.05, 0.1) is 9.35 Å². The molecule has 0 bridgehead atoms. The fraction of sp³-hybridized carbons (Fsp3) is 0.154. The molecule has 4 heteroatoms. The van der Waals surface area contributed by atoms with Crippen molar-refractivity contribution in [3.8, 4) is 0 Å². The Labute approximate surface area is 113 Å². The quantitative estimate of drug-likeness (QED) is 0.919. The number of halogens is 1. The van der Waals surface area contributed by atoms with Crippen molar-refractivity contribution in [2.24, 2.45) is 0 Å². The summed E-state index contributed by atoms with van der Waals surface area (Å²) in [6.45, 7) is 2.61. The Kier molecular flexibility index (Phi) is 3.97. The van der Waals surface area contributed by atoms with E-state index >= 15 is 0 Å². The van der Waals surface area contributed by atoms with Gasteiger partial charge in [0.25, 0.3) is 5.91 Å². The molecular weight excluding hydrogens is 298 g/mol. The van der Waals surface area contributed by atoms with E-state index in [-0.39, 0.29) is 5.91 Å². The smallest absolute Gasteiger partial charge is 0.252 e. The van der Waals surface area contributed by atoms with E-state index in [9.17, 15) is 4.79 Å². The average molecular weight is 310 g/mol. The third-order valence-electron chi connectivity index (χ3n) is 2.40. The number of carbonyl (C=O) groups is 1. The van der Waals surface area contributed by atoms with Crippen molar-refractivity contribution < 1.29 is 4.79 Å². The van der Waals surface area contributed by atoms with Gasteiger partial charge in [-0.25, -0.2) is 0 Å². The summed E-state index contributed by atoms with van der Waals surface area (Å²) >= 11 is 4.86. The zero-order valence-corrected chi connectivity index (χ0v) is 11.8. The Hall–Kier alpha value is -1.13. The van der Waals surface area contributed by atoms with E-state index in [2.05, 4.69) is 21.2 Å². The van der Waals surface area contributed by atoms with Gasteiger partial charge in [0.1, 0.15) is 0 Å². The van der Waals surface area contributed by atoms with Crippen LogP contribution in [0.5, 0.6) is 0 Å². The number of rotatable bonds is 3. The summed E-state index contributed by atoms with van der Waals surface area (Å²) in [5.41, 5.74) is 3.04. The molecule has 1 N–H and O–H groups in total. The van der Waals surface area contributed by atoms with Gasteiger partial charge in [0.2, 0.25) is 0 Å². The van der Waals surface area contributed by atoms with Crippen LogP contribution in [0.25, 0.3) is 0 Å². The molecule has 0 unspecified atom stereocenters. The second-order valence-corrected chi connectivity index (χ2v) is 6.10. The lowest BCUT2D eigenvalue weighted by Crippen LogP contribution is -2.22. The lowest BCUT2D eigenvalue weighted by Gasteiger charge is -2.04. The van der Waals surface area contributed by atoms with Gasteiger partial charge in [0.15, 0.2) is 0 Å². The normalized spacial score (nSPS) is 10.2. The van der Waals surface area contributed by atoms with Crippen molar-refractivity contribution in [3.05, 3.63) is 56.2 Å². The summed E-state index contributed by atoms with van der Waals surface area (Å²) < 4.78 is 0.970. The molecule has 1 aromatic carbocycles. The highest BCUT2D eigenvalue weighted by atomic mass is 79.9. The van der Waals surface area contributed by atoms with Gasteiger partial charge < -0.3 is 5.32 Å². The summed E-state index contributed by atoms with van der Waals surface area (Å²) in [6.07, 6.45) is 0. The molecule has 0 fully saturated rings. The number of hydrogen-bond acceptors (Lipinski definition) is 2. The second-order valence-electron chi connectivity index (χ2n) is 3.81. The Balaban J connectivity index is 1.94. The first-order chi connectivity index (χ1) is 8.15. The van der Waals surface area contributed by atoms with Gasteiger partial charge in [-0.15, -0.1) is 11.3 Å². The van der Waals surface area contributed by atoms with E-state index in [0.717, 1.165) is 9.35 Å². The molecule has 0 spiro atoms. The Morgan fingerprint density at radius 1 is 1.35 bits per heavy atom. The molecule has 0 saturated carbocycles. The minimum absolute atomic E-state index is 0.0347. The largest absolute Gasteiger partial charge is 0.348 e. The first kappa shape index (κ1) is 12.3. The average Bonchev–Trinajstić information content (AvgIpc) is 2.75. The molecule has 2 nitrogen and oxygen atoms in total. The fourth-order valence-electron chi connectivity index (χ4n) is 1.42. The predicted molar refractivity (Wildman–Crippen MR) is 74.4 cm³/mol. The second kappa shape index (κ2) is 5.47. The van der Waals surface area contributed by atoms with Crippen LogP contribution >= 0.6 is 27.3 Å². The zero-order chi connectivity index (χ0) is 12.3. The minimum Gasteiger partial charge on any atom is -0.348 e. The Morgan fingerprint density at radius 2 is 2.06 bits per heavy atom. The standard InChI is InChI=1S/C13H12BrNOS/c1-9-2-4-10(5-3-9)7-15-13(16)11-6-12(14)17-8-11/h2-6,8H,7H2,1H3,(H,15,16). The number of hydrogen-bond donors (Lipinski definition) is 1. The van der Waals surface area contributed by atoms with Crippen LogP contribution in [0, 0.1) is 6.92 Å². The maximum atomic E-state index is 11.8. The fourth-order valence-corrected chi connectivity index (χ4v) is 2.56. The highest BCUT2D eigenvalue weighted by Crippen LogP contribution is 2.20. The third kappa shape index (κ3) is 3.41. The van der Waals surface area contributed by atoms with E-state index in [0.29, 0.717) is 12.1 Å². The van der Waals surface area contributed by atoms with E-state index in [1.807, 2.05) is 42.6 Å². The summed E-state index contributed by atoms with van der Waals surface area (Å²) in [5.74, 6) is -0.0347. The molecule has 0 saturated heterocycles. The van der Waals surface area contributed by atoms with E-state index in [4.69, 9.17) is 0 Å². The summed E-state index contributed by atoms with van der Waals surface area (Å²) in [6, 6.07) is 9.97. The van der Waals surface area contributed by atoms with Crippen LogP contribution < -0.4 is 5.32 Å². The van der Waals surface area contributed by atoms with Crippen molar-refractivity contribution >= 4 is 33.2 Å². The van der Waals surface area contributed by atoms with E-state index in [1.54, 1.807) is 0 Å². The van der Waals surface area contributed by atoms with Gasteiger partial charge in [0, 0.05) is 11.9 Å². The van der Waals surface area contributed by atoms with Crippen molar-refractivity contribution in [1.82, 2.24) is 5.32 Å².